The third-order valence-electron chi connectivity index (χ3n) is 3.46. The maximum absolute atomic E-state index is 11.7. The summed E-state index contributed by atoms with van der Waals surface area (Å²) < 4.78 is 9.98. The van der Waals surface area contributed by atoms with Gasteiger partial charge in [-0.1, -0.05) is 12.8 Å². The van der Waals surface area contributed by atoms with E-state index in [0.717, 1.165) is 32.1 Å². The van der Waals surface area contributed by atoms with Crippen molar-refractivity contribution in [1.29, 1.82) is 0 Å². The van der Waals surface area contributed by atoms with Crippen molar-refractivity contribution in [3.05, 3.63) is 0 Å². The maximum atomic E-state index is 11.7. The zero-order valence-electron chi connectivity index (χ0n) is 11.4. The monoisotopic (exact) mass is 256 g/mol. The van der Waals surface area contributed by atoms with Crippen LogP contribution in [0.25, 0.3) is 0 Å². The molecule has 0 aliphatic heterocycles. The Hall–Kier alpha value is -1.06. The van der Waals surface area contributed by atoms with Crippen molar-refractivity contribution in [3.8, 4) is 0 Å². The smallest absolute Gasteiger partial charge is 0.308 e. The zero-order chi connectivity index (χ0) is 13.4. The number of rotatable bonds is 6. The van der Waals surface area contributed by atoms with Crippen molar-refractivity contribution in [3.63, 3.8) is 0 Å². The Kier molecular flexibility index (Phi) is 6.76. The van der Waals surface area contributed by atoms with E-state index in [1.807, 2.05) is 13.8 Å². The second-order valence-corrected chi connectivity index (χ2v) is 4.83. The highest BCUT2D eigenvalue weighted by molar-refractivity contribution is 5.72. The molecule has 104 valence electrons. The van der Waals surface area contributed by atoms with Gasteiger partial charge in [0.15, 0.2) is 0 Å². The molecule has 0 heterocycles. The third kappa shape index (κ3) is 5.07. The van der Waals surface area contributed by atoms with Crippen molar-refractivity contribution in [1.82, 2.24) is 0 Å². The van der Waals surface area contributed by atoms with Crippen molar-refractivity contribution >= 4 is 11.9 Å². The van der Waals surface area contributed by atoms with E-state index in [4.69, 9.17) is 9.47 Å². The summed E-state index contributed by atoms with van der Waals surface area (Å²) in [5, 5.41) is 0. The van der Waals surface area contributed by atoms with Crippen molar-refractivity contribution in [2.24, 2.45) is 11.8 Å². The summed E-state index contributed by atoms with van der Waals surface area (Å²) in [5.74, 6) is 0.289. The molecule has 0 radical (unpaired) electrons. The molecule has 18 heavy (non-hydrogen) atoms. The highest BCUT2D eigenvalue weighted by atomic mass is 16.5. The first-order chi connectivity index (χ1) is 8.67. The number of hydrogen-bond donors (Lipinski definition) is 0. The molecular formula is C14H24O4. The Morgan fingerprint density at radius 1 is 1.11 bits per heavy atom. The van der Waals surface area contributed by atoms with Gasteiger partial charge in [0, 0.05) is 6.42 Å². The fourth-order valence-corrected chi connectivity index (χ4v) is 2.58. The molecule has 4 heteroatoms. The van der Waals surface area contributed by atoms with Gasteiger partial charge < -0.3 is 9.47 Å². The highest BCUT2D eigenvalue weighted by Crippen LogP contribution is 2.32. The number of carbonyl (C=O) groups is 2. The van der Waals surface area contributed by atoms with E-state index in [2.05, 4.69) is 0 Å². The SMILES string of the molecule is CCOC(=O)CC[C@H]1CCC[C@@H](C(=O)OCC)C1. The summed E-state index contributed by atoms with van der Waals surface area (Å²) in [6.45, 7) is 4.53. The summed E-state index contributed by atoms with van der Waals surface area (Å²) in [6.07, 6.45) is 5.24. The van der Waals surface area contributed by atoms with Crippen LogP contribution in [0.15, 0.2) is 0 Å². The van der Waals surface area contributed by atoms with Gasteiger partial charge in [0.1, 0.15) is 0 Å². The zero-order valence-corrected chi connectivity index (χ0v) is 11.4. The fraction of sp³-hybridized carbons (Fsp3) is 0.857. The van der Waals surface area contributed by atoms with Gasteiger partial charge in [-0.3, -0.25) is 9.59 Å². The highest BCUT2D eigenvalue weighted by Gasteiger charge is 2.28. The minimum atomic E-state index is -0.129. The number of esters is 2. The first kappa shape index (κ1) is 15.0. The molecule has 4 nitrogen and oxygen atoms in total. The molecule has 0 bridgehead atoms. The molecule has 0 unspecified atom stereocenters. The first-order valence-electron chi connectivity index (χ1n) is 6.99. The van der Waals surface area contributed by atoms with Crippen LogP contribution >= 0.6 is 0 Å². The molecule has 0 saturated heterocycles. The molecule has 0 aromatic heterocycles. The van der Waals surface area contributed by atoms with Gasteiger partial charge in [-0.25, -0.2) is 0 Å². The van der Waals surface area contributed by atoms with Crippen LogP contribution in [0.4, 0.5) is 0 Å². The van der Waals surface area contributed by atoms with Crippen molar-refractivity contribution < 1.29 is 19.1 Å². The van der Waals surface area contributed by atoms with Crippen LogP contribution in [-0.4, -0.2) is 25.2 Å². The number of carbonyl (C=O) groups excluding carboxylic acids is 2. The Morgan fingerprint density at radius 2 is 1.83 bits per heavy atom. The van der Waals surface area contributed by atoms with E-state index in [-0.39, 0.29) is 17.9 Å². The second-order valence-electron chi connectivity index (χ2n) is 4.83. The lowest BCUT2D eigenvalue weighted by molar-refractivity contribution is -0.149. The lowest BCUT2D eigenvalue weighted by Gasteiger charge is -2.27. The lowest BCUT2D eigenvalue weighted by Crippen LogP contribution is -2.25. The molecule has 0 aromatic carbocycles. The van der Waals surface area contributed by atoms with Crippen LogP contribution in [0.1, 0.15) is 52.4 Å². The first-order valence-corrected chi connectivity index (χ1v) is 6.99. The number of hydrogen-bond acceptors (Lipinski definition) is 4. The minimum absolute atomic E-state index is 0.0332. The van der Waals surface area contributed by atoms with Crippen molar-refractivity contribution in [2.75, 3.05) is 13.2 Å². The van der Waals surface area contributed by atoms with Crippen LogP contribution in [0.3, 0.4) is 0 Å². The quantitative estimate of drug-likeness (QED) is 0.686. The summed E-state index contributed by atoms with van der Waals surface area (Å²) >= 11 is 0. The van der Waals surface area contributed by atoms with E-state index >= 15 is 0 Å². The predicted molar refractivity (Wildman–Crippen MR) is 67.9 cm³/mol. The summed E-state index contributed by atoms with van der Waals surface area (Å²) in [4.78, 5) is 23.0. The molecule has 0 spiro atoms. The summed E-state index contributed by atoms with van der Waals surface area (Å²) in [7, 11) is 0. The largest absolute Gasteiger partial charge is 0.466 e. The van der Waals surface area contributed by atoms with Crippen LogP contribution in [0.2, 0.25) is 0 Å². The maximum Gasteiger partial charge on any atom is 0.308 e. The predicted octanol–water partition coefficient (Wildman–Crippen LogP) is 2.70. The van der Waals surface area contributed by atoms with Gasteiger partial charge in [0.2, 0.25) is 0 Å². The van der Waals surface area contributed by atoms with Gasteiger partial charge in [-0.05, 0) is 39.0 Å². The minimum Gasteiger partial charge on any atom is -0.466 e. The molecule has 1 aliphatic rings. The van der Waals surface area contributed by atoms with Gasteiger partial charge in [-0.15, -0.1) is 0 Å². The molecule has 2 atom stereocenters. The van der Waals surface area contributed by atoms with E-state index in [9.17, 15) is 9.59 Å². The van der Waals surface area contributed by atoms with Crippen LogP contribution < -0.4 is 0 Å². The second kappa shape index (κ2) is 8.11. The van der Waals surface area contributed by atoms with Gasteiger partial charge in [0.05, 0.1) is 19.1 Å². The average molecular weight is 256 g/mol. The molecular weight excluding hydrogens is 232 g/mol. The van der Waals surface area contributed by atoms with Crippen LogP contribution in [-0.2, 0) is 19.1 Å². The Labute approximate surface area is 109 Å². The average Bonchev–Trinajstić information content (AvgIpc) is 2.37. The van der Waals surface area contributed by atoms with Crippen LogP contribution in [0, 0.1) is 11.8 Å². The molecule has 0 aromatic rings. The summed E-state index contributed by atoms with van der Waals surface area (Å²) in [5.41, 5.74) is 0. The Bertz CT molecular complexity index is 275. The topological polar surface area (TPSA) is 52.6 Å². The van der Waals surface area contributed by atoms with E-state index in [0.29, 0.717) is 25.6 Å². The molecule has 0 N–H and O–H groups in total. The Morgan fingerprint density at radius 3 is 2.50 bits per heavy atom. The van der Waals surface area contributed by atoms with E-state index < -0.39 is 0 Å². The van der Waals surface area contributed by atoms with Gasteiger partial charge in [0.25, 0.3) is 0 Å². The molecule has 1 rings (SSSR count). The van der Waals surface area contributed by atoms with Crippen LogP contribution in [0.5, 0.6) is 0 Å². The van der Waals surface area contributed by atoms with Crippen molar-refractivity contribution in [2.45, 2.75) is 52.4 Å². The van der Waals surface area contributed by atoms with Gasteiger partial charge >= 0.3 is 11.9 Å². The number of ether oxygens (including phenoxy) is 2. The molecule has 1 aliphatic carbocycles. The normalized spacial score (nSPS) is 23.4. The molecule has 0 amide bonds. The molecule has 1 saturated carbocycles. The van der Waals surface area contributed by atoms with E-state index in [1.165, 1.54) is 0 Å². The fourth-order valence-electron chi connectivity index (χ4n) is 2.58. The lowest BCUT2D eigenvalue weighted by atomic mass is 9.79. The standard InChI is InChI=1S/C14H24O4/c1-3-17-13(15)9-8-11-6-5-7-12(10-11)14(16)18-4-2/h11-12H,3-10H2,1-2H3/t11-,12-/m1/s1. The van der Waals surface area contributed by atoms with E-state index in [1.54, 1.807) is 0 Å². The Balaban J connectivity index is 2.30. The third-order valence-corrected chi connectivity index (χ3v) is 3.46. The molecule has 1 fully saturated rings. The summed E-state index contributed by atoms with van der Waals surface area (Å²) in [6, 6.07) is 0. The van der Waals surface area contributed by atoms with Gasteiger partial charge in [-0.2, -0.15) is 0 Å².